The summed E-state index contributed by atoms with van der Waals surface area (Å²) in [7, 11) is 0. The number of carbonyl (C=O) groups excluding carboxylic acids is 1. The van der Waals surface area contributed by atoms with E-state index in [2.05, 4.69) is 15.9 Å². The van der Waals surface area contributed by atoms with Crippen molar-refractivity contribution >= 4 is 44.7 Å². The van der Waals surface area contributed by atoms with Gasteiger partial charge >= 0.3 is 0 Å². The number of rotatable bonds is 3. The van der Waals surface area contributed by atoms with E-state index in [4.69, 9.17) is 11.6 Å². The van der Waals surface area contributed by atoms with Gasteiger partial charge in [0.25, 0.3) is 0 Å². The largest absolute Gasteiger partial charge is 0.293 e. The maximum Gasteiger partial charge on any atom is 0.178 e. The highest BCUT2D eigenvalue weighted by atomic mass is 79.9. The van der Waals surface area contributed by atoms with Gasteiger partial charge in [-0.2, -0.15) is 0 Å². The minimum absolute atomic E-state index is 0.0194. The summed E-state index contributed by atoms with van der Waals surface area (Å²) in [4.78, 5) is 12.5. The predicted molar refractivity (Wildman–Crippen MR) is 71.5 cm³/mol. The van der Waals surface area contributed by atoms with Gasteiger partial charge in [0.15, 0.2) is 5.78 Å². The van der Waals surface area contributed by atoms with Crippen molar-refractivity contribution in [1.82, 2.24) is 0 Å². The van der Waals surface area contributed by atoms with Crippen molar-refractivity contribution in [1.29, 1.82) is 0 Å². The van der Waals surface area contributed by atoms with Gasteiger partial charge in [-0.3, -0.25) is 4.79 Å². The van der Waals surface area contributed by atoms with Crippen LogP contribution in [0.4, 0.5) is 4.39 Å². The zero-order valence-corrected chi connectivity index (χ0v) is 11.7. The lowest BCUT2D eigenvalue weighted by molar-refractivity contribution is 0.0995. The van der Waals surface area contributed by atoms with Crippen LogP contribution in [0.3, 0.4) is 0 Å². The van der Waals surface area contributed by atoms with Gasteiger partial charge in [-0.15, -0.1) is 11.3 Å². The van der Waals surface area contributed by atoms with Crippen molar-refractivity contribution in [3.63, 3.8) is 0 Å². The van der Waals surface area contributed by atoms with Crippen molar-refractivity contribution in [2.45, 2.75) is 6.42 Å². The van der Waals surface area contributed by atoms with E-state index in [9.17, 15) is 9.18 Å². The third-order valence-corrected chi connectivity index (χ3v) is 4.34. The molecular formula is C12H7BrClFOS. The number of benzene rings is 1. The fraction of sp³-hybridized carbons (Fsp3) is 0.0833. The average Bonchev–Trinajstić information content (AvgIpc) is 2.70. The molecule has 0 spiro atoms. The number of hydrogen-bond acceptors (Lipinski definition) is 2. The molecule has 0 radical (unpaired) electrons. The van der Waals surface area contributed by atoms with E-state index >= 15 is 0 Å². The Morgan fingerprint density at radius 1 is 1.41 bits per heavy atom. The van der Waals surface area contributed by atoms with Crippen molar-refractivity contribution in [2.75, 3.05) is 0 Å². The average molecular weight is 334 g/mol. The Labute approximate surface area is 115 Å². The normalized spacial score (nSPS) is 10.5. The Bertz CT molecular complexity index is 567. The minimum atomic E-state index is -0.407. The molecule has 1 nitrogen and oxygen atoms in total. The molecule has 17 heavy (non-hydrogen) atoms. The van der Waals surface area contributed by atoms with E-state index in [1.54, 1.807) is 6.07 Å². The Balaban J connectivity index is 2.24. The van der Waals surface area contributed by atoms with Gasteiger partial charge in [0, 0.05) is 15.9 Å². The Morgan fingerprint density at radius 2 is 2.18 bits per heavy atom. The standard InChI is InChI=1S/C12H7BrClFOS/c13-9-3-4-17-12(9)11(16)6-7-5-8(14)1-2-10(7)15/h1-5H,6H2. The molecule has 0 bridgehead atoms. The van der Waals surface area contributed by atoms with E-state index < -0.39 is 5.82 Å². The molecule has 0 atom stereocenters. The summed E-state index contributed by atoms with van der Waals surface area (Å²) in [5.74, 6) is -0.525. The molecule has 0 aliphatic carbocycles. The molecule has 2 rings (SSSR count). The number of carbonyl (C=O) groups is 1. The molecule has 1 heterocycles. The SMILES string of the molecule is O=C(Cc1cc(Cl)ccc1F)c1sccc1Br. The topological polar surface area (TPSA) is 17.1 Å². The quantitative estimate of drug-likeness (QED) is 0.742. The molecule has 0 saturated heterocycles. The molecule has 0 unspecified atom stereocenters. The second-order valence-electron chi connectivity index (χ2n) is 3.43. The summed E-state index contributed by atoms with van der Waals surface area (Å²) in [5, 5.41) is 2.24. The summed E-state index contributed by atoms with van der Waals surface area (Å²) in [6, 6.07) is 6.02. The number of thiophene rings is 1. The van der Waals surface area contributed by atoms with Gasteiger partial charge in [0.05, 0.1) is 4.88 Å². The second kappa shape index (κ2) is 5.29. The number of ketones is 1. The number of halogens is 3. The summed E-state index contributed by atoms with van der Waals surface area (Å²) in [6.45, 7) is 0. The summed E-state index contributed by atoms with van der Waals surface area (Å²) in [5.41, 5.74) is 0.322. The molecule has 2 aromatic rings. The van der Waals surface area contributed by atoms with E-state index in [-0.39, 0.29) is 12.2 Å². The van der Waals surface area contributed by atoms with Crippen molar-refractivity contribution < 1.29 is 9.18 Å². The third-order valence-electron chi connectivity index (χ3n) is 2.23. The molecule has 0 aliphatic rings. The van der Waals surface area contributed by atoms with E-state index in [0.29, 0.717) is 15.5 Å². The maximum atomic E-state index is 13.5. The van der Waals surface area contributed by atoms with Crippen LogP contribution in [0.1, 0.15) is 15.2 Å². The van der Waals surface area contributed by atoms with Gasteiger partial charge in [0.1, 0.15) is 5.82 Å². The van der Waals surface area contributed by atoms with E-state index in [1.165, 1.54) is 29.5 Å². The highest BCUT2D eigenvalue weighted by molar-refractivity contribution is 9.10. The molecule has 1 aromatic carbocycles. The molecule has 1 aromatic heterocycles. The van der Waals surface area contributed by atoms with Gasteiger partial charge < -0.3 is 0 Å². The Morgan fingerprint density at radius 3 is 2.82 bits per heavy atom. The first-order valence-electron chi connectivity index (χ1n) is 4.78. The van der Waals surface area contributed by atoms with Crippen LogP contribution in [-0.2, 0) is 6.42 Å². The monoisotopic (exact) mass is 332 g/mol. The van der Waals surface area contributed by atoms with Gasteiger partial charge in [0.2, 0.25) is 0 Å². The molecule has 5 heteroatoms. The molecule has 0 saturated carbocycles. The van der Waals surface area contributed by atoms with Crippen LogP contribution >= 0.6 is 38.9 Å². The van der Waals surface area contributed by atoms with Crippen LogP contribution in [0.15, 0.2) is 34.1 Å². The molecule has 0 aliphatic heterocycles. The fourth-order valence-corrected chi connectivity index (χ4v) is 3.15. The van der Waals surface area contributed by atoms with Crippen molar-refractivity contribution in [3.05, 3.63) is 55.4 Å². The lowest BCUT2D eigenvalue weighted by atomic mass is 10.1. The van der Waals surface area contributed by atoms with E-state index in [0.717, 1.165) is 4.47 Å². The zero-order valence-electron chi connectivity index (χ0n) is 8.54. The third kappa shape index (κ3) is 2.94. The highest BCUT2D eigenvalue weighted by Crippen LogP contribution is 2.25. The van der Waals surface area contributed by atoms with Gasteiger partial charge in [-0.05, 0) is 51.1 Å². The lowest BCUT2D eigenvalue weighted by Crippen LogP contribution is -2.03. The molecule has 0 amide bonds. The minimum Gasteiger partial charge on any atom is -0.293 e. The van der Waals surface area contributed by atoms with Crippen LogP contribution < -0.4 is 0 Å². The predicted octanol–water partition coefficient (Wildman–Crippen LogP) is 4.73. The summed E-state index contributed by atoms with van der Waals surface area (Å²) in [6.07, 6.45) is 0.0194. The van der Waals surface area contributed by atoms with Crippen LogP contribution in [0.2, 0.25) is 5.02 Å². The summed E-state index contributed by atoms with van der Waals surface area (Å²) >= 11 is 10.4. The Kier molecular flexibility index (Phi) is 3.97. The Hall–Kier alpha value is -0.710. The zero-order chi connectivity index (χ0) is 12.4. The molecule has 0 N–H and O–H groups in total. The highest BCUT2D eigenvalue weighted by Gasteiger charge is 2.14. The van der Waals surface area contributed by atoms with Crippen LogP contribution in [-0.4, -0.2) is 5.78 Å². The van der Waals surface area contributed by atoms with Crippen LogP contribution in [0, 0.1) is 5.82 Å². The number of Topliss-reactive ketones (excluding diaryl/α,β-unsaturated/α-hetero) is 1. The molecule has 88 valence electrons. The lowest BCUT2D eigenvalue weighted by Gasteiger charge is -2.02. The van der Waals surface area contributed by atoms with Gasteiger partial charge in [-0.1, -0.05) is 11.6 Å². The van der Waals surface area contributed by atoms with Crippen molar-refractivity contribution in [2.24, 2.45) is 0 Å². The van der Waals surface area contributed by atoms with Crippen LogP contribution in [0.25, 0.3) is 0 Å². The maximum absolute atomic E-state index is 13.5. The van der Waals surface area contributed by atoms with Crippen molar-refractivity contribution in [3.8, 4) is 0 Å². The molecule has 0 fully saturated rings. The first kappa shape index (κ1) is 12.7. The fourth-order valence-electron chi connectivity index (χ4n) is 1.42. The van der Waals surface area contributed by atoms with Crippen LogP contribution in [0.5, 0.6) is 0 Å². The summed E-state index contributed by atoms with van der Waals surface area (Å²) < 4.78 is 14.2. The smallest absolute Gasteiger partial charge is 0.178 e. The first-order chi connectivity index (χ1) is 8.08. The van der Waals surface area contributed by atoms with Gasteiger partial charge in [-0.25, -0.2) is 4.39 Å². The first-order valence-corrected chi connectivity index (χ1v) is 6.83. The molecular weight excluding hydrogens is 327 g/mol. The number of hydrogen-bond donors (Lipinski definition) is 0. The second-order valence-corrected chi connectivity index (χ2v) is 5.64. The van der Waals surface area contributed by atoms with E-state index in [1.807, 2.05) is 5.38 Å².